The number of aryl methyl sites for hydroxylation is 1. The lowest BCUT2D eigenvalue weighted by Crippen LogP contribution is -1.97. The lowest BCUT2D eigenvalue weighted by atomic mass is 10.1. The summed E-state index contributed by atoms with van der Waals surface area (Å²) < 4.78 is 1.81. The van der Waals surface area contributed by atoms with Crippen LogP contribution in [0.15, 0.2) is 6.20 Å². The molecule has 3 heteroatoms. The van der Waals surface area contributed by atoms with Crippen LogP contribution in [0.25, 0.3) is 0 Å². The molecule has 0 aromatic carbocycles. The lowest BCUT2D eigenvalue weighted by molar-refractivity contribution is -0.116. The maximum absolute atomic E-state index is 11.0. The first-order chi connectivity index (χ1) is 6.16. The molecule has 1 aromatic heterocycles. The van der Waals surface area contributed by atoms with E-state index in [1.807, 2.05) is 17.9 Å². The highest BCUT2D eigenvalue weighted by Crippen LogP contribution is 2.40. The third kappa shape index (κ3) is 1.79. The molecular formula is C10H14N2O. The normalized spacial score (nSPS) is 16.2. The van der Waals surface area contributed by atoms with Gasteiger partial charge in [0.05, 0.1) is 5.69 Å². The van der Waals surface area contributed by atoms with Gasteiger partial charge in [-0.2, -0.15) is 5.10 Å². The van der Waals surface area contributed by atoms with Crippen LogP contribution < -0.4 is 0 Å². The van der Waals surface area contributed by atoms with Gasteiger partial charge in [0, 0.05) is 31.1 Å². The van der Waals surface area contributed by atoms with Crippen molar-refractivity contribution >= 4 is 5.78 Å². The summed E-state index contributed by atoms with van der Waals surface area (Å²) in [6.45, 7) is 1.63. The van der Waals surface area contributed by atoms with Crippen LogP contribution in [-0.2, 0) is 18.3 Å². The summed E-state index contributed by atoms with van der Waals surface area (Å²) in [5, 5.41) is 4.39. The molecule has 1 aliphatic rings. The summed E-state index contributed by atoms with van der Waals surface area (Å²) in [6.07, 6.45) is 4.98. The predicted octanol–water partition coefficient (Wildman–Crippen LogP) is 1.43. The first kappa shape index (κ1) is 8.48. The van der Waals surface area contributed by atoms with E-state index >= 15 is 0 Å². The molecule has 13 heavy (non-hydrogen) atoms. The number of aromatic nitrogens is 2. The molecule has 0 amide bonds. The van der Waals surface area contributed by atoms with E-state index in [0.29, 0.717) is 12.3 Å². The van der Waals surface area contributed by atoms with Crippen molar-refractivity contribution in [2.24, 2.45) is 7.05 Å². The van der Waals surface area contributed by atoms with Gasteiger partial charge < -0.3 is 0 Å². The Hall–Kier alpha value is -1.12. The van der Waals surface area contributed by atoms with Gasteiger partial charge in [0.25, 0.3) is 0 Å². The molecule has 1 saturated carbocycles. The van der Waals surface area contributed by atoms with Crippen LogP contribution in [0, 0.1) is 0 Å². The molecule has 1 heterocycles. The zero-order valence-electron chi connectivity index (χ0n) is 8.08. The summed E-state index contributed by atoms with van der Waals surface area (Å²) in [4.78, 5) is 11.0. The average Bonchev–Trinajstić information content (AvgIpc) is 2.77. The Morgan fingerprint density at radius 3 is 2.92 bits per heavy atom. The number of nitrogens with zero attached hydrogens (tertiary/aromatic N) is 2. The second-order valence-corrected chi connectivity index (χ2v) is 3.87. The fraction of sp³-hybridized carbons (Fsp3) is 0.600. The second kappa shape index (κ2) is 2.98. The van der Waals surface area contributed by atoms with Gasteiger partial charge in [0.2, 0.25) is 0 Å². The Balaban J connectivity index is 2.25. The smallest absolute Gasteiger partial charge is 0.134 e. The van der Waals surface area contributed by atoms with Crippen molar-refractivity contribution < 1.29 is 4.79 Å². The quantitative estimate of drug-likeness (QED) is 0.701. The maximum Gasteiger partial charge on any atom is 0.134 e. The van der Waals surface area contributed by atoms with Gasteiger partial charge in [-0.3, -0.25) is 9.48 Å². The fourth-order valence-corrected chi connectivity index (χ4v) is 1.66. The number of hydrogen-bond acceptors (Lipinski definition) is 2. The standard InChI is InChI=1S/C10H14N2O/c1-7(13)5-9-6-12(2)11-10(9)8-3-4-8/h6,8H,3-5H2,1-2H3. The summed E-state index contributed by atoms with van der Waals surface area (Å²) >= 11 is 0. The van der Waals surface area contributed by atoms with Gasteiger partial charge in [0.15, 0.2) is 0 Å². The highest BCUT2D eigenvalue weighted by atomic mass is 16.1. The van der Waals surface area contributed by atoms with Gasteiger partial charge in [-0.1, -0.05) is 0 Å². The minimum atomic E-state index is 0.218. The molecule has 0 saturated heterocycles. The summed E-state index contributed by atoms with van der Waals surface area (Å²) in [6, 6.07) is 0. The Morgan fingerprint density at radius 1 is 1.69 bits per heavy atom. The SMILES string of the molecule is CC(=O)Cc1cn(C)nc1C1CC1. The molecule has 0 bridgehead atoms. The third-order valence-corrected chi connectivity index (χ3v) is 2.34. The first-order valence-corrected chi connectivity index (χ1v) is 4.68. The lowest BCUT2D eigenvalue weighted by Gasteiger charge is -1.95. The molecule has 0 radical (unpaired) electrons. The van der Waals surface area contributed by atoms with Crippen molar-refractivity contribution in [3.63, 3.8) is 0 Å². The third-order valence-electron chi connectivity index (χ3n) is 2.34. The van der Waals surface area contributed by atoms with Crippen molar-refractivity contribution in [2.45, 2.75) is 32.1 Å². The minimum Gasteiger partial charge on any atom is -0.300 e. The molecule has 2 rings (SSSR count). The summed E-state index contributed by atoms with van der Waals surface area (Å²) in [7, 11) is 1.91. The van der Waals surface area contributed by atoms with Gasteiger partial charge >= 0.3 is 0 Å². The van der Waals surface area contributed by atoms with E-state index in [9.17, 15) is 4.79 Å². The van der Waals surface area contributed by atoms with Crippen LogP contribution in [0.2, 0.25) is 0 Å². The van der Waals surface area contributed by atoms with Crippen molar-refractivity contribution in [1.29, 1.82) is 0 Å². The summed E-state index contributed by atoms with van der Waals surface area (Å²) in [5.74, 6) is 0.852. The van der Waals surface area contributed by atoms with E-state index in [-0.39, 0.29) is 5.78 Å². The van der Waals surface area contributed by atoms with Crippen LogP contribution in [0.4, 0.5) is 0 Å². The van der Waals surface area contributed by atoms with Crippen LogP contribution in [0.3, 0.4) is 0 Å². The maximum atomic E-state index is 11.0. The monoisotopic (exact) mass is 178 g/mol. The van der Waals surface area contributed by atoms with Crippen molar-refractivity contribution in [2.75, 3.05) is 0 Å². The van der Waals surface area contributed by atoms with Gasteiger partial charge in [0.1, 0.15) is 5.78 Å². The number of Topliss-reactive ketones (excluding diaryl/α,β-unsaturated/α-hetero) is 1. The molecule has 1 fully saturated rings. The fourth-order valence-electron chi connectivity index (χ4n) is 1.66. The average molecular weight is 178 g/mol. The zero-order valence-corrected chi connectivity index (χ0v) is 8.08. The van der Waals surface area contributed by atoms with E-state index in [1.54, 1.807) is 6.92 Å². The summed E-state index contributed by atoms with van der Waals surface area (Å²) in [5.41, 5.74) is 2.27. The number of hydrogen-bond donors (Lipinski definition) is 0. The van der Waals surface area contributed by atoms with Gasteiger partial charge in [-0.05, 0) is 19.8 Å². The number of carbonyl (C=O) groups is 1. The Morgan fingerprint density at radius 2 is 2.38 bits per heavy atom. The van der Waals surface area contributed by atoms with Crippen molar-refractivity contribution in [3.8, 4) is 0 Å². The first-order valence-electron chi connectivity index (χ1n) is 4.68. The molecule has 0 spiro atoms. The number of rotatable bonds is 3. The van der Waals surface area contributed by atoms with Crippen LogP contribution in [0.1, 0.15) is 36.9 Å². The van der Waals surface area contributed by atoms with E-state index in [2.05, 4.69) is 5.10 Å². The van der Waals surface area contributed by atoms with Gasteiger partial charge in [-0.15, -0.1) is 0 Å². The highest BCUT2D eigenvalue weighted by Gasteiger charge is 2.28. The predicted molar refractivity (Wildman–Crippen MR) is 49.6 cm³/mol. The van der Waals surface area contributed by atoms with Crippen LogP contribution >= 0.6 is 0 Å². The van der Waals surface area contributed by atoms with Gasteiger partial charge in [-0.25, -0.2) is 0 Å². The Labute approximate surface area is 77.7 Å². The van der Waals surface area contributed by atoms with Crippen molar-refractivity contribution in [1.82, 2.24) is 9.78 Å². The van der Waals surface area contributed by atoms with Crippen LogP contribution in [-0.4, -0.2) is 15.6 Å². The molecule has 1 aliphatic carbocycles. The molecule has 1 aromatic rings. The topological polar surface area (TPSA) is 34.9 Å². The van der Waals surface area contributed by atoms with Crippen molar-refractivity contribution in [3.05, 3.63) is 17.5 Å². The minimum absolute atomic E-state index is 0.218. The van der Waals surface area contributed by atoms with Crippen LogP contribution in [0.5, 0.6) is 0 Å². The molecule has 0 unspecified atom stereocenters. The Bertz CT molecular complexity index is 337. The number of carbonyl (C=O) groups excluding carboxylic acids is 1. The zero-order chi connectivity index (χ0) is 9.42. The van der Waals surface area contributed by atoms with E-state index in [4.69, 9.17) is 0 Å². The highest BCUT2D eigenvalue weighted by molar-refractivity contribution is 5.78. The molecule has 70 valence electrons. The molecule has 3 nitrogen and oxygen atoms in total. The molecular weight excluding hydrogens is 164 g/mol. The molecule has 0 aliphatic heterocycles. The van der Waals surface area contributed by atoms with E-state index in [1.165, 1.54) is 12.8 Å². The second-order valence-electron chi connectivity index (χ2n) is 3.87. The van der Waals surface area contributed by atoms with E-state index < -0.39 is 0 Å². The largest absolute Gasteiger partial charge is 0.300 e. The molecule has 0 atom stereocenters. The molecule has 0 N–H and O–H groups in total. The van der Waals surface area contributed by atoms with E-state index in [0.717, 1.165) is 11.3 Å². The Kier molecular flexibility index (Phi) is 1.94. The number of ketones is 1.